The Morgan fingerprint density at radius 1 is 1.15 bits per heavy atom. The third kappa shape index (κ3) is 3.54. The lowest BCUT2D eigenvalue weighted by Crippen LogP contribution is -2.39. The number of carbonyl (C=O) groups is 1. The minimum absolute atomic E-state index is 0.329. The first-order valence-corrected chi connectivity index (χ1v) is 9.28. The van der Waals surface area contributed by atoms with Crippen LogP contribution in [0.15, 0.2) is 42.7 Å². The molecule has 0 unspecified atom stereocenters. The number of benzene rings is 1. The van der Waals surface area contributed by atoms with Crippen molar-refractivity contribution in [3.63, 3.8) is 0 Å². The highest BCUT2D eigenvalue weighted by molar-refractivity contribution is 5.98. The molecule has 0 spiro atoms. The Kier molecular flexibility index (Phi) is 5.22. The van der Waals surface area contributed by atoms with E-state index < -0.39 is 5.60 Å². The molecular weight excluding hydrogens is 340 g/mol. The van der Waals surface area contributed by atoms with Crippen molar-refractivity contribution in [2.45, 2.75) is 46.8 Å². The van der Waals surface area contributed by atoms with Crippen LogP contribution in [0.25, 0.3) is 22.0 Å². The summed E-state index contributed by atoms with van der Waals surface area (Å²) in [6.07, 6.45) is 3.60. The van der Waals surface area contributed by atoms with Gasteiger partial charge < -0.3 is 14.0 Å². The summed E-state index contributed by atoms with van der Waals surface area (Å²) in [5, 5.41) is 1.10. The molecule has 0 aliphatic carbocycles. The van der Waals surface area contributed by atoms with E-state index in [1.807, 2.05) is 30.3 Å². The maximum Gasteiger partial charge on any atom is 0.349 e. The van der Waals surface area contributed by atoms with E-state index in [0.717, 1.165) is 28.6 Å². The van der Waals surface area contributed by atoms with Crippen LogP contribution in [0.5, 0.6) is 5.75 Å². The van der Waals surface area contributed by atoms with E-state index >= 15 is 0 Å². The zero-order valence-corrected chi connectivity index (χ0v) is 16.6. The predicted octanol–water partition coefficient (Wildman–Crippen LogP) is 4.75. The first-order chi connectivity index (χ1) is 12.9. The molecule has 0 atom stereocenters. The Morgan fingerprint density at radius 2 is 1.85 bits per heavy atom. The number of carbonyl (C=O) groups excluding carboxylic acids is 1. The van der Waals surface area contributed by atoms with Gasteiger partial charge in [-0.3, -0.25) is 4.98 Å². The highest BCUT2D eigenvalue weighted by Gasteiger charge is 2.31. The Bertz CT molecular complexity index is 959. The number of pyridine rings is 1. The summed E-state index contributed by atoms with van der Waals surface area (Å²) < 4.78 is 13.4. The molecule has 0 radical (unpaired) electrons. The van der Waals surface area contributed by atoms with E-state index in [4.69, 9.17) is 9.47 Å². The second-order valence-electron chi connectivity index (χ2n) is 6.95. The van der Waals surface area contributed by atoms with Crippen LogP contribution in [-0.2, 0) is 16.1 Å². The molecule has 0 bridgehead atoms. The SMILES string of the molecule is CCOC(=O)C(C)(C)Oc1ccc2c(c1)c(-c1ccncc1)c(C)n2CC. The van der Waals surface area contributed by atoms with E-state index in [9.17, 15) is 4.79 Å². The number of ether oxygens (including phenoxy) is 2. The van der Waals surface area contributed by atoms with Gasteiger partial charge in [-0.2, -0.15) is 0 Å². The van der Waals surface area contributed by atoms with Crippen LogP contribution in [0, 0.1) is 6.92 Å². The smallest absolute Gasteiger partial charge is 0.349 e. The van der Waals surface area contributed by atoms with Gasteiger partial charge in [0.15, 0.2) is 5.60 Å². The molecule has 0 fully saturated rings. The monoisotopic (exact) mass is 366 g/mol. The van der Waals surface area contributed by atoms with Crippen LogP contribution in [-0.4, -0.2) is 27.7 Å². The topological polar surface area (TPSA) is 53.4 Å². The van der Waals surface area contributed by atoms with Crippen LogP contribution in [0.1, 0.15) is 33.4 Å². The average molecular weight is 366 g/mol. The van der Waals surface area contributed by atoms with Gasteiger partial charge in [0.2, 0.25) is 0 Å². The molecule has 0 saturated heterocycles. The minimum Gasteiger partial charge on any atom is -0.476 e. The lowest BCUT2D eigenvalue weighted by atomic mass is 10.0. The van der Waals surface area contributed by atoms with Gasteiger partial charge in [0.25, 0.3) is 0 Å². The molecule has 2 aromatic heterocycles. The first kappa shape index (κ1) is 19.0. The van der Waals surface area contributed by atoms with E-state index in [2.05, 4.69) is 23.4 Å². The van der Waals surface area contributed by atoms with Crippen molar-refractivity contribution in [2.75, 3.05) is 6.61 Å². The maximum absolute atomic E-state index is 12.2. The Labute approximate surface area is 159 Å². The highest BCUT2D eigenvalue weighted by Crippen LogP contribution is 2.37. The van der Waals surface area contributed by atoms with Gasteiger partial charge in [0, 0.05) is 41.1 Å². The Balaban J connectivity index is 2.10. The van der Waals surface area contributed by atoms with Gasteiger partial charge in [0.1, 0.15) is 5.75 Å². The van der Waals surface area contributed by atoms with Gasteiger partial charge in [-0.25, -0.2) is 4.79 Å². The molecule has 1 aromatic carbocycles. The van der Waals surface area contributed by atoms with Crippen molar-refractivity contribution >= 4 is 16.9 Å². The van der Waals surface area contributed by atoms with Gasteiger partial charge in [-0.05, 0) is 70.5 Å². The fourth-order valence-electron chi connectivity index (χ4n) is 3.46. The number of hydrogen-bond donors (Lipinski definition) is 0. The lowest BCUT2D eigenvalue weighted by Gasteiger charge is -2.24. The summed E-state index contributed by atoms with van der Waals surface area (Å²) in [7, 11) is 0. The largest absolute Gasteiger partial charge is 0.476 e. The number of hydrogen-bond acceptors (Lipinski definition) is 4. The molecule has 0 N–H and O–H groups in total. The quantitative estimate of drug-likeness (QED) is 0.591. The number of nitrogens with zero attached hydrogens (tertiary/aromatic N) is 2. The summed E-state index contributed by atoms with van der Waals surface area (Å²) >= 11 is 0. The predicted molar refractivity (Wildman–Crippen MR) is 107 cm³/mol. The van der Waals surface area contributed by atoms with Gasteiger partial charge >= 0.3 is 5.97 Å². The second kappa shape index (κ2) is 7.43. The normalized spacial score (nSPS) is 11.6. The number of aromatic nitrogens is 2. The molecular formula is C22H26N2O3. The van der Waals surface area contributed by atoms with Crippen LogP contribution in [0.3, 0.4) is 0 Å². The van der Waals surface area contributed by atoms with Crippen LogP contribution in [0.2, 0.25) is 0 Å². The number of aryl methyl sites for hydroxylation is 1. The molecule has 5 nitrogen and oxygen atoms in total. The summed E-state index contributed by atoms with van der Waals surface area (Å²) in [4.78, 5) is 16.3. The summed E-state index contributed by atoms with van der Waals surface area (Å²) in [6, 6.07) is 9.99. The highest BCUT2D eigenvalue weighted by atomic mass is 16.6. The average Bonchev–Trinajstić information content (AvgIpc) is 2.92. The molecule has 0 saturated carbocycles. The van der Waals surface area contributed by atoms with Crippen LogP contribution < -0.4 is 4.74 Å². The van der Waals surface area contributed by atoms with Gasteiger partial charge in [-0.1, -0.05) is 0 Å². The Morgan fingerprint density at radius 3 is 2.48 bits per heavy atom. The van der Waals surface area contributed by atoms with E-state index in [1.165, 1.54) is 5.69 Å². The van der Waals surface area contributed by atoms with Gasteiger partial charge in [-0.15, -0.1) is 0 Å². The fraction of sp³-hybridized carbons (Fsp3) is 0.364. The maximum atomic E-state index is 12.2. The van der Waals surface area contributed by atoms with Crippen molar-refractivity contribution < 1.29 is 14.3 Å². The van der Waals surface area contributed by atoms with Crippen LogP contribution in [0.4, 0.5) is 0 Å². The zero-order chi connectivity index (χ0) is 19.6. The molecule has 5 heteroatoms. The molecule has 142 valence electrons. The fourth-order valence-corrected chi connectivity index (χ4v) is 3.46. The van der Waals surface area contributed by atoms with Crippen molar-refractivity contribution in [1.82, 2.24) is 9.55 Å². The molecule has 3 aromatic rings. The van der Waals surface area contributed by atoms with Gasteiger partial charge in [0.05, 0.1) is 6.61 Å². The Hall–Kier alpha value is -2.82. The van der Waals surface area contributed by atoms with E-state index in [1.54, 1.807) is 33.2 Å². The minimum atomic E-state index is -1.05. The third-order valence-corrected chi connectivity index (χ3v) is 4.72. The van der Waals surface area contributed by atoms with Crippen molar-refractivity contribution in [3.8, 4) is 16.9 Å². The molecule has 0 amide bonds. The number of fused-ring (bicyclic) bond motifs is 1. The molecule has 0 aliphatic heterocycles. The number of rotatable bonds is 6. The van der Waals surface area contributed by atoms with Crippen molar-refractivity contribution in [1.29, 1.82) is 0 Å². The summed E-state index contributed by atoms with van der Waals surface area (Å²) in [6.45, 7) is 10.7. The lowest BCUT2D eigenvalue weighted by molar-refractivity contribution is -0.158. The molecule has 0 aliphatic rings. The third-order valence-electron chi connectivity index (χ3n) is 4.72. The van der Waals surface area contributed by atoms with Crippen molar-refractivity contribution in [3.05, 3.63) is 48.4 Å². The summed E-state index contributed by atoms with van der Waals surface area (Å²) in [5.41, 5.74) is 3.56. The summed E-state index contributed by atoms with van der Waals surface area (Å²) in [5.74, 6) is 0.269. The zero-order valence-electron chi connectivity index (χ0n) is 16.6. The molecule has 27 heavy (non-hydrogen) atoms. The van der Waals surface area contributed by atoms with Crippen molar-refractivity contribution in [2.24, 2.45) is 0 Å². The molecule has 2 heterocycles. The van der Waals surface area contributed by atoms with E-state index in [-0.39, 0.29) is 5.97 Å². The standard InChI is InChI=1S/C22H26N2O3/c1-6-24-15(3)20(16-10-12-23-13-11-16)18-14-17(8-9-19(18)24)27-22(4,5)21(25)26-7-2/h8-14H,6-7H2,1-5H3. The molecule has 3 rings (SSSR count). The number of esters is 1. The first-order valence-electron chi connectivity index (χ1n) is 9.28. The van der Waals surface area contributed by atoms with Crippen LogP contribution >= 0.6 is 0 Å². The van der Waals surface area contributed by atoms with E-state index in [0.29, 0.717) is 12.4 Å². The second-order valence-corrected chi connectivity index (χ2v) is 6.95.